The number of hydrogen-bond donors (Lipinski definition) is 1. The molecule has 0 amide bonds. The van der Waals surface area contributed by atoms with E-state index in [1.54, 1.807) is 11.0 Å². The van der Waals surface area contributed by atoms with Gasteiger partial charge in [-0.05, 0) is 63.1 Å². The number of tetrazole rings is 1. The summed E-state index contributed by atoms with van der Waals surface area (Å²) in [6.45, 7) is 2.12. The molecule has 21 heavy (non-hydrogen) atoms. The van der Waals surface area contributed by atoms with Crippen LogP contribution in [0, 0.1) is 0 Å². The normalized spacial score (nSPS) is 12.1. The number of anilines is 1. The Hall–Kier alpha value is -2.21. The van der Waals surface area contributed by atoms with Crippen LogP contribution in [-0.4, -0.2) is 20.2 Å². The summed E-state index contributed by atoms with van der Waals surface area (Å²) in [6, 6.07) is 16.4. The Morgan fingerprint density at radius 1 is 1.14 bits per heavy atom. The maximum atomic E-state index is 3.91. The van der Waals surface area contributed by atoms with Gasteiger partial charge in [0.05, 0.1) is 5.69 Å². The summed E-state index contributed by atoms with van der Waals surface area (Å²) in [4.78, 5) is 0. The van der Waals surface area contributed by atoms with Crippen LogP contribution in [0.2, 0.25) is 0 Å². The van der Waals surface area contributed by atoms with Gasteiger partial charge in [0.15, 0.2) is 0 Å². The molecule has 0 radical (unpaired) electrons. The molecule has 0 fully saturated rings. The highest BCUT2D eigenvalue weighted by atomic mass is 79.9. The smallest absolute Gasteiger partial charge is 0.143 e. The van der Waals surface area contributed by atoms with Gasteiger partial charge in [0.1, 0.15) is 6.33 Å². The molecule has 1 unspecified atom stereocenters. The number of aromatic nitrogens is 4. The Kier molecular flexibility index (Phi) is 3.96. The number of hydrogen-bond acceptors (Lipinski definition) is 4. The Bertz CT molecular complexity index is 726. The van der Waals surface area contributed by atoms with E-state index in [9.17, 15) is 0 Å². The molecule has 0 aliphatic carbocycles. The van der Waals surface area contributed by atoms with Gasteiger partial charge in [-0.25, -0.2) is 4.68 Å². The minimum Gasteiger partial charge on any atom is -0.378 e. The average molecular weight is 344 g/mol. The molecule has 0 aliphatic rings. The largest absolute Gasteiger partial charge is 0.378 e. The lowest BCUT2D eigenvalue weighted by Crippen LogP contribution is -2.08. The van der Waals surface area contributed by atoms with E-state index in [2.05, 4.69) is 55.8 Å². The first-order chi connectivity index (χ1) is 10.2. The zero-order valence-corrected chi connectivity index (χ0v) is 13.0. The van der Waals surface area contributed by atoms with E-state index in [1.165, 1.54) is 5.56 Å². The second kappa shape index (κ2) is 6.05. The Labute approximate surface area is 131 Å². The van der Waals surface area contributed by atoms with Crippen LogP contribution in [0.1, 0.15) is 18.5 Å². The molecule has 0 aliphatic heterocycles. The fourth-order valence-corrected chi connectivity index (χ4v) is 2.51. The van der Waals surface area contributed by atoms with Crippen molar-refractivity contribution >= 4 is 21.6 Å². The van der Waals surface area contributed by atoms with E-state index in [0.717, 1.165) is 15.8 Å². The van der Waals surface area contributed by atoms with Gasteiger partial charge in [0, 0.05) is 16.2 Å². The molecule has 6 heteroatoms. The van der Waals surface area contributed by atoms with Gasteiger partial charge >= 0.3 is 0 Å². The first-order valence-electron chi connectivity index (χ1n) is 6.58. The van der Waals surface area contributed by atoms with E-state index >= 15 is 0 Å². The molecule has 2 aromatic carbocycles. The molecule has 5 nitrogen and oxygen atoms in total. The molecule has 0 saturated carbocycles. The van der Waals surface area contributed by atoms with Crippen LogP contribution in [0.3, 0.4) is 0 Å². The van der Waals surface area contributed by atoms with Gasteiger partial charge in [-0.1, -0.05) is 24.3 Å². The van der Waals surface area contributed by atoms with Crippen LogP contribution >= 0.6 is 15.9 Å². The summed E-state index contributed by atoms with van der Waals surface area (Å²) in [5, 5.41) is 14.7. The molecule has 3 rings (SSSR count). The second-order valence-corrected chi connectivity index (χ2v) is 5.55. The fourth-order valence-electron chi connectivity index (χ4n) is 2.11. The highest BCUT2D eigenvalue weighted by molar-refractivity contribution is 9.10. The highest BCUT2D eigenvalue weighted by Crippen LogP contribution is 2.26. The van der Waals surface area contributed by atoms with Crippen molar-refractivity contribution in [3.05, 3.63) is 64.9 Å². The lowest BCUT2D eigenvalue weighted by Gasteiger charge is -2.17. The van der Waals surface area contributed by atoms with Crippen molar-refractivity contribution < 1.29 is 0 Å². The van der Waals surface area contributed by atoms with E-state index in [0.29, 0.717) is 0 Å². The van der Waals surface area contributed by atoms with Gasteiger partial charge in [0.2, 0.25) is 0 Å². The molecule has 0 spiro atoms. The van der Waals surface area contributed by atoms with Crippen molar-refractivity contribution in [1.29, 1.82) is 0 Å². The van der Waals surface area contributed by atoms with Crippen LogP contribution in [0.5, 0.6) is 0 Å². The summed E-state index contributed by atoms with van der Waals surface area (Å²) in [7, 11) is 0. The zero-order chi connectivity index (χ0) is 14.7. The Morgan fingerprint density at radius 3 is 2.76 bits per heavy atom. The van der Waals surface area contributed by atoms with Gasteiger partial charge in [0.25, 0.3) is 0 Å². The topological polar surface area (TPSA) is 55.6 Å². The van der Waals surface area contributed by atoms with Gasteiger partial charge in [-0.3, -0.25) is 0 Å². The van der Waals surface area contributed by atoms with Crippen LogP contribution in [0.4, 0.5) is 5.69 Å². The van der Waals surface area contributed by atoms with Crippen molar-refractivity contribution in [3.8, 4) is 5.69 Å². The molecular weight excluding hydrogens is 330 g/mol. The minimum atomic E-state index is 0.167. The van der Waals surface area contributed by atoms with E-state index in [1.807, 2.05) is 36.4 Å². The van der Waals surface area contributed by atoms with Crippen molar-refractivity contribution in [2.75, 3.05) is 5.32 Å². The minimum absolute atomic E-state index is 0.167. The molecule has 3 aromatic rings. The maximum absolute atomic E-state index is 3.91. The predicted molar refractivity (Wildman–Crippen MR) is 85.3 cm³/mol. The van der Waals surface area contributed by atoms with Crippen LogP contribution in [-0.2, 0) is 0 Å². The average Bonchev–Trinajstić information content (AvgIpc) is 3.04. The van der Waals surface area contributed by atoms with Gasteiger partial charge in [-0.2, -0.15) is 0 Å². The Morgan fingerprint density at radius 2 is 2.00 bits per heavy atom. The first kappa shape index (κ1) is 13.8. The monoisotopic (exact) mass is 343 g/mol. The molecular formula is C15H14BrN5. The van der Waals surface area contributed by atoms with Crippen molar-refractivity contribution in [3.63, 3.8) is 0 Å². The molecule has 1 aromatic heterocycles. The van der Waals surface area contributed by atoms with Crippen LogP contribution < -0.4 is 5.32 Å². The summed E-state index contributed by atoms with van der Waals surface area (Å²) < 4.78 is 2.70. The van der Waals surface area contributed by atoms with Crippen molar-refractivity contribution in [1.82, 2.24) is 20.2 Å². The standard InChI is InChI=1S/C15H14BrN5/c1-11(18-15-8-3-2-7-14(15)16)12-5-4-6-13(9-12)21-10-17-19-20-21/h2-11,18H,1H3. The zero-order valence-electron chi connectivity index (χ0n) is 11.4. The molecule has 0 saturated heterocycles. The van der Waals surface area contributed by atoms with Gasteiger partial charge < -0.3 is 5.32 Å². The number of nitrogens with zero attached hydrogens (tertiary/aromatic N) is 4. The van der Waals surface area contributed by atoms with E-state index in [4.69, 9.17) is 0 Å². The number of halogens is 1. The quantitative estimate of drug-likeness (QED) is 0.786. The Balaban J connectivity index is 1.84. The van der Waals surface area contributed by atoms with Crippen LogP contribution in [0.25, 0.3) is 5.69 Å². The summed E-state index contributed by atoms with van der Waals surface area (Å²) in [5.74, 6) is 0. The van der Waals surface area contributed by atoms with E-state index < -0.39 is 0 Å². The number of nitrogens with one attached hydrogen (secondary N) is 1. The number of para-hydroxylation sites is 1. The highest BCUT2D eigenvalue weighted by Gasteiger charge is 2.08. The molecule has 106 valence electrons. The third kappa shape index (κ3) is 3.11. The third-order valence-corrected chi connectivity index (χ3v) is 3.92. The van der Waals surface area contributed by atoms with Crippen molar-refractivity contribution in [2.45, 2.75) is 13.0 Å². The molecule has 1 heterocycles. The maximum Gasteiger partial charge on any atom is 0.143 e. The van der Waals surface area contributed by atoms with Gasteiger partial charge in [-0.15, -0.1) is 5.10 Å². The lowest BCUT2D eigenvalue weighted by atomic mass is 10.1. The second-order valence-electron chi connectivity index (χ2n) is 4.70. The predicted octanol–water partition coefficient (Wildman–Crippen LogP) is 3.60. The van der Waals surface area contributed by atoms with E-state index in [-0.39, 0.29) is 6.04 Å². The summed E-state index contributed by atoms with van der Waals surface area (Å²) in [5.41, 5.74) is 3.18. The van der Waals surface area contributed by atoms with Crippen molar-refractivity contribution in [2.24, 2.45) is 0 Å². The molecule has 1 atom stereocenters. The molecule has 0 bridgehead atoms. The first-order valence-corrected chi connectivity index (χ1v) is 7.38. The summed E-state index contributed by atoms with van der Waals surface area (Å²) in [6.07, 6.45) is 1.59. The summed E-state index contributed by atoms with van der Waals surface area (Å²) >= 11 is 3.55. The molecule has 1 N–H and O–H groups in total. The number of rotatable bonds is 4. The lowest BCUT2D eigenvalue weighted by molar-refractivity contribution is 0.785. The number of benzene rings is 2. The van der Waals surface area contributed by atoms with Crippen LogP contribution in [0.15, 0.2) is 59.3 Å². The fraction of sp³-hybridized carbons (Fsp3) is 0.133. The SMILES string of the molecule is CC(Nc1ccccc1Br)c1cccc(-n2cnnn2)c1. The third-order valence-electron chi connectivity index (χ3n) is 3.23.